The first kappa shape index (κ1) is 26.6. The van der Waals surface area contributed by atoms with Crippen LogP contribution >= 0.6 is 0 Å². The second kappa shape index (κ2) is 16.0. The summed E-state index contributed by atoms with van der Waals surface area (Å²) in [5.74, 6) is 0.804. The van der Waals surface area contributed by atoms with Crippen molar-refractivity contribution >= 4 is 10.9 Å². The summed E-state index contributed by atoms with van der Waals surface area (Å²) in [5, 5.41) is 11.7. The molecular formula is C28H46N2O2. The first-order chi connectivity index (χ1) is 15.7. The molecule has 32 heavy (non-hydrogen) atoms. The number of aliphatic hydroxyl groups excluding tert-OH is 1. The summed E-state index contributed by atoms with van der Waals surface area (Å²) in [4.78, 5) is 7.09. The van der Waals surface area contributed by atoms with Gasteiger partial charge in [0.15, 0.2) is 0 Å². The third kappa shape index (κ3) is 9.46. The average molecular weight is 443 g/mol. The van der Waals surface area contributed by atoms with Gasteiger partial charge >= 0.3 is 0 Å². The van der Waals surface area contributed by atoms with Crippen LogP contribution in [0.25, 0.3) is 10.9 Å². The van der Waals surface area contributed by atoms with Crippen molar-refractivity contribution in [3.8, 4) is 5.75 Å². The van der Waals surface area contributed by atoms with Crippen molar-refractivity contribution in [1.29, 1.82) is 0 Å². The van der Waals surface area contributed by atoms with Crippen molar-refractivity contribution in [2.45, 2.75) is 97.0 Å². The van der Waals surface area contributed by atoms with E-state index >= 15 is 0 Å². The summed E-state index contributed by atoms with van der Waals surface area (Å²) in [7, 11) is 1.67. The number of fused-ring (bicyclic) bond motifs is 1. The molecule has 0 fully saturated rings. The number of nitrogens with zero attached hydrogens (tertiary/aromatic N) is 2. The smallest absolute Gasteiger partial charge is 0.119 e. The van der Waals surface area contributed by atoms with E-state index in [0.29, 0.717) is 0 Å². The Morgan fingerprint density at radius 2 is 1.47 bits per heavy atom. The molecule has 1 aromatic carbocycles. The zero-order valence-corrected chi connectivity index (χ0v) is 20.8. The minimum Gasteiger partial charge on any atom is -0.497 e. The lowest BCUT2D eigenvalue weighted by Crippen LogP contribution is -2.27. The predicted octanol–water partition coefficient (Wildman–Crippen LogP) is 7.30. The zero-order valence-electron chi connectivity index (χ0n) is 20.8. The van der Waals surface area contributed by atoms with E-state index in [-0.39, 0.29) is 0 Å². The van der Waals surface area contributed by atoms with Gasteiger partial charge in [-0.1, -0.05) is 65.2 Å². The van der Waals surface area contributed by atoms with Crippen LogP contribution < -0.4 is 4.74 Å². The highest BCUT2D eigenvalue weighted by atomic mass is 16.5. The highest BCUT2D eigenvalue weighted by Gasteiger charge is 2.12. The summed E-state index contributed by atoms with van der Waals surface area (Å²) in [6.07, 6.45) is 16.3. The molecule has 0 aliphatic rings. The van der Waals surface area contributed by atoms with Crippen molar-refractivity contribution in [2.75, 3.05) is 26.7 Å². The molecule has 1 N–H and O–H groups in total. The molecule has 2 aromatic rings. The summed E-state index contributed by atoms with van der Waals surface area (Å²) in [6.45, 7) is 8.40. The molecule has 0 saturated heterocycles. The van der Waals surface area contributed by atoms with E-state index in [0.717, 1.165) is 35.1 Å². The third-order valence-corrected chi connectivity index (χ3v) is 6.45. The second-order valence-corrected chi connectivity index (χ2v) is 9.11. The Morgan fingerprint density at radius 1 is 0.844 bits per heavy atom. The fourth-order valence-electron chi connectivity index (χ4n) is 4.38. The quantitative estimate of drug-likeness (QED) is 0.246. The van der Waals surface area contributed by atoms with Gasteiger partial charge in [-0.25, -0.2) is 0 Å². The molecule has 0 aliphatic carbocycles. The number of aromatic nitrogens is 1. The average Bonchev–Trinajstić information content (AvgIpc) is 2.83. The van der Waals surface area contributed by atoms with Crippen molar-refractivity contribution in [1.82, 2.24) is 9.88 Å². The molecule has 1 atom stereocenters. The number of hydrogen-bond acceptors (Lipinski definition) is 4. The lowest BCUT2D eigenvalue weighted by molar-refractivity contribution is 0.164. The van der Waals surface area contributed by atoms with Crippen molar-refractivity contribution in [3.63, 3.8) is 0 Å². The van der Waals surface area contributed by atoms with Gasteiger partial charge in [0.2, 0.25) is 0 Å². The van der Waals surface area contributed by atoms with Crippen LogP contribution in [0.5, 0.6) is 5.75 Å². The van der Waals surface area contributed by atoms with Crippen LogP contribution in [0.1, 0.15) is 103 Å². The second-order valence-electron chi connectivity index (χ2n) is 9.11. The lowest BCUT2D eigenvalue weighted by atomic mass is 9.99. The van der Waals surface area contributed by atoms with Gasteiger partial charge in [-0.2, -0.15) is 0 Å². The van der Waals surface area contributed by atoms with Gasteiger partial charge < -0.3 is 14.7 Å². The predicted molar refractivity (Wildman–Crippen MR) is 136 cm³/mol. The highest BCUT2D eigenvalue weighted by molar-refractivity contribution is 5.83. The number of rotatable bonds is 18. The van der Waals surface area contributed by atoms with Gasteiger partial charge in [-0.05, 0) is 75.1 Å². The van der Waals surface area contributed by atoms with Gasteiger partial charge in [0.05, 0.1) is 18.7 Å². The number of benzene rings is 1. The molecule has 0 aliphatic heterocycles. The van der Waals surface area contributed by atoms with Crippen molar-refractivity contribution in [2.24, 2.45) is 0 Å². The number of hydrogen-bond donors (Lipinski definition) is 1. The summed E-state index contributed by atoms with van der Waals surface area (Å²) < 4.78 is 5.35. The monoisotopic (exact) mass is 442 g/mol. The maximum absolute atomic E-state index is 10.8. The van der Waals surface area contributed by atoms with Crippen LogP contribution in [-0.4, -0.2) is 41.7 Å². The topological polar surface area (TPSA) is 45.6 Å². The molecule has 0 bridgehead atoms. The van der Waals surface area contributed by atoms with Crippen LogP contribution in [0.3, 0.4) is 0 Å². The molecule has 1 aromatic heterocycles. The SMILES string of the molecule is CCCCN(CCCC)CCCCCCCCCC(O)c1ccnc2ccc(OC)cc12. The van der Waals surface area contributed by atoms with Gasteiger partial charge in [-0.3, -0.25) is 4.98 Å². The van der Waals surface area contributed by atoms with E-state index in [1.54, 1.807) is 13.3 Å². The number of aliphatic hydroxyl groups is 1. The Labute approximate surface area is 196 Å². The summed E-state index contributed by atoms with van der Waals surface area (Å²) >= 11 is 0. The fraction of sp³-hybridized carbons (Fsp3) is 0.679. The molecule has 1 unspecified atom stereocenters. The van der Waals surface area contributed by atoms with Crippen LogP contribution in [0, 0.1) is 0 Å². The van der Waals surface area contributed by atoms with Crippen LogP contribution in [0.2, 0.25) is 0 Å². The summed E-state index contributed by atoms with van der Waals surface area (Å²) in [5.41, 5.74) is 1.87. The Hall–Kier alpha value is -1.65. The molecule has 0 saturated carbocycles. The molecule has 180 valence electrons. The Bertz CT molecular complexity index is 741. The molecule has 1 heterocycles. The van der Waals surface area contributed by atoms with E-state index in [2.05, 4.69) is 23.7 Å². The number of methoxy groups -OCH3 is 1. The molecule has 0 spiro atoms. The minimum atomic E-state index is -0.440. The van der Waals surface area contributed by atoms with Crippen molar-refractivity contribution < 1.29 is 9.84 Å². The minimum absolute atomic E-state index is 0.440. The standard InChI is InChI=1S/C28H46N2O2/c1-4-6-20-30(21-7-5-2)22-14-12-10-8-9-11-13-15-28(31)25-18-19-29-27-17-16-24(32-3)23-26(25)27/h16-19,23,28,31H,4-15,20-22H2,1-3H3. The molecule has 2 rings (SSSR count). The molecule has 0 radical (unpaired) electrons. The van der Waals surface area contributed by atoms with E-state index in [1.807, 2.05) is 24.3 Å². The molecular weight excluding hydrogens is 396 g/mol. The van der Waals surface area contributed by atoms with Gasteiger partial charge in [0.1, 0.15) is 5.75 Å². The Balaban J connectivity index is 1.60. The van der Waals surface area contributed by atoms with E-state index in [1.165, 1.54) is 83.8 Å². The molecule has 4 heteroatoms. The van der Waals surface area contributed by atoms with E-state index in [4.69, 9.17) is 4.74 Å². The van der Waals surface area contributed by atoms with Gasteiger partial charge in [-0.15, -0.1) is 0 Å². The Morgan fingerprint density at radius 3 is 2.12 bits per heavy atom. The maximum atomic E-state index is 10.8. The highest BCUT2D eigenvalue weighted by Crippen LogP contribution is 2.29. The largest absolute Gasteiger partial charge is 0.497 e. The molecule has 0 amide bonds. The van der Waals surface area contributed by atoms with Crippen LogP contribution in [-0.2, 0) is 0 Å². The first-order valence-corrected chi connectivity index (χ1v) is 13.0. The summed E-state index contributed by atoms with van der Waals surface area (Å²) in [6, 6.07) is 7.79. The lowest BCUT2D eigenvalue weighted by Gasteiger charge is -2.21. The maximum Gasteiger partial charge on any atom is 0.119 e. The van der Waals surface area contributed by atoms with Gasteiger partial charge in [0, 0.05) is 11.6 Å². The van der Waals surface area contributed by atoms with Crippen LogP contribution in [0.15, 0.2) is 30.5 Å². The van der Waals surface area contributed by atoms with Crippen molar-refractivity contribution in [3.05, 3.63) is 36.0 Å². The van der Waals surface area contributed by atoms with Crippen LogP contribution in [0.4, 0.5) is 0 Å². The first-order valence-electron chi connectivity index (χ1n) is 13.0. The van der Waals surface area contributed by atoms with E-state index < -0.39 is 6.10 Å². The fourth-order valence-corrected chi connectivity index (χ4v) is 4.38. The van der Waals surface area contributed by atoms with E-state index in [9.17, 15) is 5.11 Å². The number of pyridine rings is 1. The zero-order chi connectivity index (χ0) is 23.0. The number of unbranched alkanes of at least 4 members (excludes halogenated alkanes) is 8. The molecule has 4 nitrogen and oxygen atoms in total. The van der Waals surface area contributed by atoms with Gasteiger partial charge in [0.25, 0.3) is 0 Å². The normalized spacial score (nSPS) is 12.5. The third-order valence-electron chi connectivity index (χ3n) is 6.45. The Kier molecular flexibility index (Phi) is 13.3. The number of ether oxygens (including phenoxy) is 1.